The number of methoxy groups -OCH3 is 1. The van der Waals surface area contributed by atoms with Crippen LogP contribution in [0.1, 0.15) is 27.0 Å². The fourth-order valence-electron chi connectivity index (χ4n) is 2.25. The lowest BCUT2D eigenvalue weighted by Gasteiger charge is -2.09. The van der Waals surface area contributed by atoms with Gasteiger partial charge in [0.2, 0.25) is 0 Å². The number of halogens is 3. The summed E-state index contributed by atoms with van der Waals surface area (Å²) in [6.45, 7) is -0.0236. The van der Waals surface area contributed by atoms with Gasteiger partial charge < -0.3 is 15.2 Å². The van der Waals surface area contributed by atoms with E-state index in [0.29, 0.717) is 22.4 Å². The number of ether oxygens (including phenoxy) is 1. The van der Waals surface area contributed by atoms with Crippen molar-refractivity contribution in [2.24, 2.45) is 0 Å². The minimum absolute atomic E-state index is 0.140. The minimum Gasteiger partial charge on any atom is -0.496 e. The van der Waals surface area contributed by atoms with Gasteiger partial charge in [0, 0.05) is 17.7 Å². The Morgan fingerprint density at radius 2 is 1.85 bits per heavy atom. The Kier molecular flexibility index (Phi) is 6.41. The molecule has 0 atom stereocenters. The van der Waals surface area contributed by atoms with Crippen LogP contribution >= 0.6 is 0 Å². The third-order valence-corrected chi connectivity index (χ3v) is 3.58. The lowest BCUT2D eigenvalue weighted by atomic mass is 10.1. The molecule has 0 aliphatic heterocycles. The Balaban J connectivity index is 2.23. The largest absolute Gasteiger partial charge is 0.496 e. The van der Waals surface area contributed by atoms with E-state index in [2.05, 4.69) is 5.32 Å². The second-order valence-electron chi connectivity index (χ2n) is 5.39. The smallest absolute Gasteiger partial charge is 0.416 e. The fraction of sp³-hybridized carbons (Fsp3) is 0.211. The predicted octanol–water partition coefficient (Wildman–Crippen LogP) is 3.61. The van der Waals surface area contributed by atoms with Crippen LogP contribution in [-0.4, -0.2) is 31.3 Å². The Morgan fingerprint density at radius 1 is 1.15 bits per heavy atom. The molecule has 1 amide bonds. The summed E-state index contributed by atoms with van der Waals surface area (Å²) in [7, 11) is 1.48. The van der Waals surface area contributed by atoms with Crippen molar-refractivity contribution >= 4 is 18.1 Å². The zero-order valence-corrected chi connectivity index (χ0v) is 14.0. The number of hydrogen-bond donors (Lipinski definition) is 2. The first-order valence-corrected chi connectivity index (χ1v) is 7.77. The molecule has 0 fully saturated rings. The van der Waals surface area contributed by atoms with E-state index >= 15 is 0 Å². The van der Waals surface area contributed by atoms with Crippen LogP contribution in [0.15, 0.2) is 42.5 Å². The average Bonchev–Trinajstić information content (AvgIpc) is 2.63. The molecular weight excluding hydrogens is 347 g/mol. The maximum Gasteiger partial charge on any atom is 0.416 e. The van der Waals surface area contributed by atoms with Gasteiger partial charge in [-0.2, -0.15) is 13.2 Å². The quantitative estimate of drug-likeness (QED) is 0.769. The number of nitrogens with one attached hydrogen (secondary N) is 1. The number of aliphatic hydroxyl groups is 1. The van der Waals surface area contributed by atoms with E-state index in [-0.39, 0.29) is 19.1 Å². The van der Waals surface area contributed by atoms with Crippen LogP contribution in [0.3, 0.4) is 0 Å². The van der Waals surface area contributed by atoms with Gasteiger partial charge in [0.15, 0.2) is 0 Å². The number of carbonyl (C=O) groups is 1. The van der Waals surface area contributed by atoms with Crippen molar-refractivity contribution in [3.05, 3.63) is 64.7 Å². The normalized spacial score (nSPS) is 11.6. The van der Waals surface area contributed by atoms with Gasteiger partial charge in [0.25, 0.3) is 5.91 Å². The highest BCUT2D eigenvalue weighted by atomic mass is 19.4. The van der Waals surface area contributed by atoms with Crippen LogP contribution in [0.25, 0.3) is 12.2 Å². The van der Waals surface area contributed by atoms with Gasteiger partial charge in [-0.05, 0) is 35.9 Å². The SMILES string of the molecule is COc1ccc(C(=O)NCCO)cc1/C=C/c1ccc(C(F)(F)F)cc1. The van der Waals surface area contributed by atoms with Crippen LogP contribution in [0.5, 0.6) is 5.75 Å². The number of aliphatic hydroxyl groups excluding tert-OH is 1. The first-order chi connectivity index (χ1) is 12.3. The van der Waals surface area contributed by atoms with Gasteiger partial charge in [-0.25, -0.2) is 0 Å². The number of alkyl halides is 3. The zero-order valence-electron chi connectivity index (χ0n) is 14.0. The van der Waals surface area contributed by atoms with Crippen LogP contribution in [0, 0.1) is 0 Å². The summed E-state index contributed by atoms with van der Waals surface area (Å²) in [6.07, 6.45) is -1.08. The third kappa shape index (κ3) is 5.10. The summed E-state index contributed by atoms with van der Waals surface area (Å²) in [6, 6.07) is 9.56. The first kappa shape index (κ1) is 19.5. The molecule has 2 aromatic rings. The van der Waals surface area contributed by atoms with Crippen LogP contribution in [0.4, 0.5) is 13.2 Å². The number of rotatable bonds is 6. The van der Waals surface area contributed by atoms with Crippen LogP contribution in [-0.2, 0) is 6.18 Å². The van der Waals surface area contributed by atoms with Gasteiger partial charge in [-0.15, -0.1) is 0 Å². The maximum atomic E-state index is 12.6. The molecule has 2 rings (SSSR count). The van der Waals surface area contributed by atoms with Crippen molar-refractivity contribution in [2.75, 3.05) is 20.3 Å². The molecule has 0 aromatic heterocycles. The Bertz CT molecular complexity index is 784. The molecule has 26 heavy (non-hydrogen) atoms. The van der Waals surface area contributed by atoms with E-state index in [4.69, 9.17) is 9.84 Å². The highest BCUT2D eigenvalue weighted by molar-refractivity contribution is 5.95. The highest BCUT2D eigenvalue weighted by Crippen LogP contribution is 2.29. The second kappa shape index (κ2) is 8.53. The average molecular weight is 365 g/mol. The Labute approximate surface area is 148 Å². The topological polar surface area (TPSA) is 58.6 Å². The summed E-state index contributed by atoms with van der Waals surface area (Å²) >= 11 is 0. The highest BCUT2D eigenvalue weighted by Gasteiger charge is 2.29. The van der Waals surface area contributed by atoms with Gasteiger partial charge in [-0.1, -0.05) is 24.3 Å². The van der Waals surface area contributed by atoms with Crippen molar-refractivity contribution in [1.82, 2.24) is 5.32 Å². The van der Waals surface area contributed by atoms with Crippen molar-refractivity contribution in [1.29, 1.82) is 0 Å². The molecule has 0 spiro atoms. The van der Waals surface area contributed by atoms with Crippen molar-refractivity contribution in [3.8, 4) is 5.75 Å². The van der Waals surface area contributed by atoms with E-state index in [1.54, 1.807) is 30.4 Å². The lowest BCUT2D eigenvalue weighted by Crippen LogP contribution is -2.26. The van der Waals surface area contributed by atoms with E-state index in [0.717, 1.165) is 12.1 Å². The maximum absolute atomic E-state index is 12.6. The zero-order chi connectivity index (χ0) is 19.2. The lowest BCUT2D eigenvalue weighted by molar-refractivity contribution is -0.137. The molecule has 0 saturated heterocycles. The fourth-order valence-corrected chi connectivity index (χ4v) is 2.25. The summed E-state index contributed by atoms with van der Waals surface area (Å²) in [5.41, 5.74) is 0.848. The van der Waals surface area contributed by atoms with Crippen molar-refractivity contribution in [2.45, 2.75) is 6.18 Å². The predicted molar refractivity (Wildman–Crippen MR) is 92.8 cm³/mol. The van der Waals surface area contributed by atoms with E-state index in [9.17, 15) is 18.0 Å². The van der Waals surface area contributed by atoms with E-state index < -0.39 is 11.7 Å². The summed E-state index contributed by atoms with van der Waals surface area (Å²) in [4.78, 5) is 12.0. The van der Waals surface area contributed by atoms with Gasteiger partial charge >= 0.3 is 6.18 Å². The van der Waals surface area contributed by atoms with Gasteiger partial charge in [0.05, 0.1) is 19.3 Å². The van der Waals surface area contributed by atoms with Crippen LogP contribution in [0.2, 0.25) is 0 Å². The summed E-state index contributed by atoms with van der Waals surface area (Å²) in [5.74, 6) is 0.178. The molecule has 4 nitrogen and oxygen atoms in total. The standard InChI is InChI=1S/C19H18F3NO3/c1-26-17-9-6-15(18(25)23-10-11-24)12-14(17)5-2-13-3-7-16(8-4-13)19(20,21)22/h2-9,12,24H,10-11H2,1H3,(H,23,25)/b5-2+. The van der Waals surface area contributed by atoms with E-state index in [1.165, 1.54) is 19.2 Å². The van der Waals surface area contributed by atoms with Gasteiger partial charge in [0.1, 0.15) is 5.75 Å². The molecular formula is C19H18F3NO3. The second-order valence-corrected chi connectivity index (χ2v) is 5.39. The Hall–Kier alpha value is -2.80. The number of carbonyl (C=O) groups excluding carboxylic acids is 1. The van der Waals surface area contributed by atoms with E-state index in [1.807, 2.05) is 0 Å². The van der Waals surface area contributed by atoms with Crippen molar-refractivity contribution in [3.63, 3.8) is 0 Å². The third-order valence-electron chi connectivity index (χ3n) is 3.58. The first-order valence-electron chi connectivity index (χ1n) is 7.77. The monoisotopic (exact) mass is 365 g/mol. The minimum atomic E-state index is -4.37. The molecule has 0 aliphatic rings. The molecule has 2 N–H and O–H groups in total. The number of amides is 1. The Morgan fingerprint density at radius 3 is 2.42 bits per heavy atom. The molecule has 138 valence electrons. The molecule has 0 heterocycles. The van der Waals surface area contributed by atoms with Crippen LogP contribution < -0.4 is 10.1 Å². The molecule has 0 unspecified atom stereocenters. The van der Waals surface area contributed by atoms with Gasteiger partial charge in [-0.3, -0.25) is 4.79 Å². The molecule has 2 aromatic carbocycles. The molecule has 0 aliphatic carbocycles. The van der Waals surface area contributed by atoms with Crippen molar-refractivity contribution < 1.29 is 27.8 Å². The number of benzene rings is 2. The summed E-state index contributed by atoms with van der Waals surface area (Å²) in [5, 5.41) is 11.3. The molecule has 0 saturated carbocycles. The number of hydrogen-bond acceptors (Lipinski definition) is 3. The molecule has 7 heteroatoms. The molecule has 0 bridgehead atoms. The summed E-state index contributed by atoms with van der Waals surface area (Å²) < 4.78 is 43.0. The molecule has 0 radical (unpaired) electrons.